The van der Waals surface area contributed by atoms with Crippen molar-refractivity contribution in [2.45, 2.75) is 13.0 Å². The molecule has 2 aromatic rings. The van der Waals surface area contributed by atoms with Crippen molar-refractivity contribution < 1.29 is 9.47 Å². The molecule has 0 aliphatic carbocycles. The van der Waals surface area contributed by atoms with Crippen molar-refractivity contribution in [2.75, 3.05) is 19.8 Å². The largest absolute Gasteiger partial charge is 0.486 e. The van der Waals surface area contributed by atoms with Gasteiger partial charge in [0.2, 0.25) is 0 Å². The number of guanidine groups is 1. The molecule has 7 heteroatoms. The molecule has 1 heterocycles. The minimum absolute atomic E-state index is 0. The molecule has 0 fully saturated rings. The summed E-state index contributed by atoms with van der Waals surface area (Å²) in [7, 11) is 0. The van der Waals surface area contributed by atoms with E-state index in [1.807, 2.05) is 30.3 Å². The predicted octanol–water partition coefficient (Wildman–Crippen LogP) is 3.49. The average molecular weight is 518 g/mol. The lowest BCUT2D eigenvalue weighted by molar-refractivity contribution is 0.170. The Labute approximate surface area is 173 Å². The monoisotopic (exact) mass is 517 g/mol. The van der Waals surface area contributed by atoms with Crippen LogP contribution in [0.5, 0.6) is 11.5 Å². The van der Waals surface area contributed by atoms with E-state index in [9.17, 15) is 0 Å². The summed E-state index contributed by atoms with van der Waals surface area (Å²) in [5.41, 5.74) is 8.22. The van der Waals surface area contributed by atoms with Gasteiger partial charge in [-0.2, -0.15) is 0 Å². The van der Waals surface area contributed by atoms with Gasteiger partial charge in [0.15, 0.2) is 17.5 Å². The van der Waals surface area contributed by atoms with Crippen LogP contribution in [0.15, 0.2) is 51.9 Å². The number of nitrogens with one attached hydrogen (secondary N) is 1. The highest BCUT2D eigenvalue weighted by molar-refractivity contribution is 14.0. The maximum atomic E-state index is 5.93. The Hall–Kier alpha value is -1.48. The van der Waals surface area contributed by atoms with Gasteiger partial charge in [0.25, 0.3) is 0 Å². The second-order valence-electron chi connectivity index (χ2n) is 5.47. The number of nitrogens with two attached hydrogens (primary N) is 1. The van der Waals surface area contributed by atoms with Gasteiger partial charge in [-0.25, -0.2) is 4.99 Å². The number of hydrogen-bond acceptors (Lipinski definition) is 3. The highest BCUT2D eigenvalue weighted by Gasteiger charge is 2.16. The Morgan fingerprint density at radius 1 is 1.12 bits per heavy atom. The molecule has 0 saturated carbocycles. The Balaban J connectivity index is 0.00000225. The topological polar surface area (TPSA) is 68.9 Å². The minimum atomic E-state index is 0. The van der Waals surface area contributed by atoms with Crippen molar-refractivity contribution in [1.82, 2.24) is 5.32 Å². The average Bonchev–Trinajstić information content (AvgIpc) is 2.61. The highest BCUT2D eigenvalue weighted by Crippen LogP contribution is 2.38. The molecular formula is C18H21BrIN3O2. The van der Waals surface area contributed by atoms with Gasteiger partial charge in [-0.05, 0) is 45.6 Å². The summed E-state index contributed by atoms with van der Waals surface area (Å²) in [5.74, 6) is 1.94. The van der Waals surface area contributed by atoms with E-state index in [0.29, 0.717) is 25.7 Å². The van der Waals surface area contributed by atoms with Crippen LogP contribution in [-0.4, -0.2) is 25.7 Å². The number of benzene rings is 2. The molecule has 0 aromatic heterocycles. The van der Waals surface area contributed by atoms with Crippen LogP contribution in [0.25, 0.3) is 0 Å². The molecule has 0 unspecified atom stereocenters. The van der Waals surface area contributed by atoms with E-state index in [-0.39, 0.29) is 24.0 Å². The third-order valence-corrected chi connectivity index (χ3v) is 4.24. The van der Waals surface area contributed by atoms with Gasteiger partial charge in [0.1, 0.15) is 13.2 Å². The van der Waals surface area contributed by atoms with Crippen molar-refractivity contribution in [2.24, 2.45) is 10.7 Å². The fourth-order valence-electron chi connectivity index (χ4n) is 2.47. The summed E-state index contributed by atoms with van der Waals surface area (Å²) in [6.07, 6.45) is 0.909. The quantitative estimate of drug-likeness (QED) is 0.362. The number of nitrogens with zero attached hydrogens (tertiary/aromatic N) is 1. The molecular weight excluding hydrogens is 497 g/mol. The number of halogens is 2. The Kier molecular flexibility index (Phi) is 7.83. The standard InChI is InChI=1S/C18H20BrN3O2.HI/c19-15-10-14(11-16-17(15)24-9-8-23-16)12-22-18(20)21-7-6-13-4-2-1-3-5-13;/h1-5,10-11H,6-9,12H2,(H3,20,21,22);1H. The number of aliphatic imine (C=N–C) groups is 1. The van der Waals surface area contributed by atoms with Gasteiger partial charge in [-0.3, -0.25) is 0 Å². The molecule has 0 saturated heterocycles. The molecule has 1 aliphatic rings. The van der Waals surface area contributed by atoms with Crippen molar-refractivity contribution in [3.05, 3.63) is 58.1 Å². The van der Waals surface area contributed by atoms with Crippen LogP contribution >= 0.6 is 39.9 Å². The van der Waals surface area contributed by atoms with Crippen molar-refractivity contribution in [3.8, 4) is 11.5 Å². The summed E-state index contributed by atoms with van der Waals surface area (Å²) >= 11 is 3.51. The zero-order valence-corrected chi connectivity index (χ0v) is 17.6. The third-order valence-electron chi connectivity index (χ3n) is 3.65. The molecule has 3 N–H and O–H groups in total. The number of hydrogen-bond donors (Lipinski definition) is 2. The predicted molar refractivity (Wildman–Crippen MR) is 114 cm³/mol. The smallest absolute Gasteiger partial charge is 0.188 e. The molecule has 0 radical (unpaired) electrons. The molecule has 5 nitrogen and oxygen atoms in total. The summed E-state index contributed by atoms with van der Waals surface area (Å²) in [5, 5.41) is 3.14. The Bertz CT molecular complexity index is 726. The number of rotatable bonds is 5. The van der Waals surface area contributed by atoms with Crippen LogP contribution < -0.4 is 20.5 Å². The molecule has 0 bridgehead atoms. The first kappa shape index (κ1) is 19.8. The lowest BCUT2D eigenvalue weighted by Crippen LogP contribution is -2.33. The van der Waals surface area contributed by atoms with Gasteiger partial charge in [0, 0.05) is 6.54 Å². The molecule has 0 spiro atoms. The fraction of sp³-hybridized carbons (Fsp3) is 0.278. The van der Waals surface area contributed by atoms with E-state index in [0.717, 1.165) is 34.5 Å². The van der Waals surface area contributed by atoms with Crippen molar-refractivity contribution >= 4 is 45.9 Å². The van der Waals surface area contributed by atoms with E-state index < -0.39 is 0 Å². The minimum Gasteiger partial charge on any atom is -0.486 e. The van der Waals surface area contributed by atoms with Gasteiger partial charge in [-0.1, -0.05) is 30.3 Å². The normalized spacial score (nSPS) is 13.1. The number of ether oxygens (including phenoxy) is 2. The SMILES string of the molecule is I.NC(=NCc1cc(Br)c2c(c1)OCCO2)NCCc1ccccc1. The van der Waals surface area contributed by atoms with Crippen LogP contribution in [0.3, 0.4) is 0 Å². The first-order valence-corrected chi connectivity index (χ1v) is 8.67. The number of fused-ring (bicyclic) bond motifs is 1. The molecule has 2 aromatic carbocycles. The zero-order chi connectivity index (χ0) is 16.8. The summed E-state index contributed by atoms with van der Waals surface area (Å²) in [4.78, 5) is 4.38. The molecule has 0 atom stereocenters. The van der Waals surface area contributed by atoms with Gasteiger partial charge in [-0.15, -0.1) is 24.0 Å². The van der Waals surface area contributed by atoms with Crippen LogP contribution in [0, 0.1) is 0 Å². The van der Waals surface area contributed by atoms with E-state index in [1.54, 1.807) is 0 Å². The summed E-state index contributed by atoms with van der Waals surface area (Å²) < 4.78 is 12.1. The highest BCUT2D eigenvalue weighted by atomic mass is 127. The lowest BCUT2D eigenvalue weighted by atomic mass is 10.1. The molecule has 1 aliphatic heterocycles. The van der Waals surface area contributed by atoms with Gasteiger partial charge >= 0.3 is 0 Å². The maximum absolute atomic E-state index is 5.93. The van der Waals surface area contributed by atoms with Gasteiger partial charge in [0.05, 0.1) is 11.0 Å². The van der Waals surface area contributed by atoms with E-state index in [2.05, 4.69) is 38.4 Å². The van der Waals surface area contributed by atoms with E-state index in [4.69, 9.17) is 15.2 Å². The molecule has 0 amide bonds. The molecule has 134 valence electrons. The van der Waals surface area contributed by atoms with Crippen LogP contribution in [0.1, 0.15) is 11.1 Å². The van der Waals surface area contributed by atoms with E-state index in [1.165, 1.54) is 5.56 Å². The van der Waals surface area contributed by atoms with E-state index >= 15 is 0 Å². The Morgan fingerprint density at radius 3 is 2.68 bits per heavy atom. The van der Waals surface area contributed by atoms with Crippen LogP contribution in [0.2, 0.25) is 0 Å². The van der Waals surface area contributed by atoms with Crippen molar-refractivity contribution in [1.29, 1.82) is 0 Å². The first-order chi connectivity index (χ1) is 11.7. The molecule has 3 rings (SSSR count). The fourth-order valence-corrected chi connectivity index (χ4v) is 3.07. The zero-order valence-electron chi connectivity index (χ0n) is 13.7. The van der Waals surface area contributed by atoms with Crippen LogP contribution in [-0.2, 0) is 13.0 Å². The Morgan fingerprint density at radius 2 is 1.88 bits per heavy atom. The first-order valence-electron chi connectivity index (χ1n) is 7.88. The lowest BCUT2D eigenvalue weighted by Gasteiger charge is -2.20. The van der Waals surface area contributed by atoms with Crippen LogP contribution in [0.4, 0.5) is 0 Å². The summed E-state index contributed by atoms with van der Waals surface area (Å²) in [6.45, 7) is 2.38. The maximum Gasteiger partial charge on any atom is 0.188 e. The van der Waals surface area contributed by atoms with Gasteiger partial charge < -0.3 is 20.5 Å². The third kappa shape index (κ3) is 5.78. The second kappa shape index (κ2) is 9.86. The summed E-state index contributed by atoms with van der Waals surface area (Å²) in [6, 6.07) is 14.2. The second-order valence-corrected chi connectivity index (χ2v) is 6.32. The molecule has 25 heavy (non-hydrogen) atoms. The van der Waals surface area contributed by atoms with Crippen molar-refractivity contribution in [3.63, 3.8) is 0 Å².